The van der Waals surface area contributed by atoms with Crippen LogP contribution in [0.25, 0.3) is 10.2 Å². The van der Waals surface area contributed by atoms with Gasteiger partial charge < -0.3 is 10.2 Å². The average molecular weight is 321 g/mol. The molecule has 0 atom stereocenters. The molecule has 22 heavy (non-hydrogen) atoms. The molecule has 2 aromatic rings. The summed E-state index contributed by atoms with van der Waals surface area (Å²) >= 11 is 1.48. The number of nitrogens with zero attached hydrogens (tertiary/aromatic N) is 2. The Bertz CT molecular complexity index is 666. The third-order valence-electron chi connectivity index (χ3n) is 3.94. The summed E-state index contributed by atoms with van der Waals surface area (Å²) in [5.74, 6) is -0.0551. The third-order valence-corrected chi connectivity index (χ3v) is 5.02. The minimum Gasteiger partial charge on any atom is -0.356 e. The van der Waals surface area contributed by atoms with Gasteiger partial charge in [-0.3, -0.25) is 4.79 Å². The van der Waals surface area contributed by atoms with Crippen LogP contribution >= 0.6 is 11.3 Å². The van der Waals surface area contributed by atoms with Gasteiger partial charge in [0.05, 0.1) is 16.1 Å². The smallest absolute Gasteiger partial charge is 0.226 e. The summed E-state index contributed by atoms with van der Waals surface area (Å²) in [5, 5.41) is 3.86. The van der Waals surface area contributed by atoms with E-state index < -0.39 is 0 Å². The summed E-state index contributed by atoms with van der Waals surface area (Å²) < 4.78 is 14.0. The molecular formula is C16H20FN3OS. The topological polar surface area (TPSA) is 45.2 Å². The molecule has 0 spiro atoms. The standard InChI is InChI=1S/C16H20FN3OS/c1-2-3-4-7-18-15(21)11-9-20(10-11)16-19-13-6-5-12(17)8-14(13)22-16/h5-6,8,11H,2-4,7,9-10H2,1H3,(H,18,21). The van der Waals surface area contributed by atoms with E-state index in [9.17, 15) is 9.18 Å². The van der Waals surface area contributed by atoms with Crippen molar-refractivity contribution in [2.24, 2.45) is 5.92 Å². The maximum absolute atomic E-state index is 13.2. The molecule has 0 bridgehead atoms. The van der Waals surface area contributed by atoms with Crippen LogP contribution < -0.4 is 10.2 Å². The normalized spacial score (nSPS) is 15.1. The minimum absolute atomic E-state index is 0.0466. The van der Waals surface area contributed by atoms with Crippen LogP contribution in [0, 0.1) is 11.7 Å². The molecule has 1 aromatic heterocycles. The predicted octanol–water partition coefficient (Wildman–Crippen LogP) is 3.18. The molecule has 0 radical (unpaired) electrons. The van der Waals surface area contributed by atoms with Crippen LogP contribution in [0.15, 0.2) is 18.2 Å². The number of hydrogen-bond donors (Lipinski definition) is 1. The highest BCUT2D eigenvalue weighted by atomic mass is 32.1. The van der Waals surface area contributed by atoms with Crippen LogP contribution in [0.1, 0.15) is 26.2 Å². The molecule has 1 aromatic carbocycles. The number of fused-ring (bicyclic) bond motifs is 1. The molecule has 1 fully saturated rings. The van der Waals surface area contributed by atoms with Crippen LogP contribution in [-0.4, -0.2) is 30.5 Å². The van der Waals surface area contributed by atoms with Gasteiger partial charge in [0.1, 0.15) is 5.82 Å². The zero-order valence-electron chi connectivity index (χ0n) is 12.6. The number of carbonyl (C=O) groups is 1. The van der Waals surface area contributed by atoms with E-state index in [0.29, 0.717) is 13.1 Å². The van der Waals surface area contributed by atoms with Crippen molar-refractivity contribution < 1.29 is 9.18 Å². The van der Waals surface area contributed by atoms with Crippen molar-refractivity contribution in [3.8, 4) is 0 Å². The van der Waals surface area contributed by atoms with E-state index in [1.54, 1.807) is 6.07 Å². The molecule has 1 aliphatic heterocycles. The number of carbonyl (C=O) groups excluding carboxylic acids is 1. The molecule has 0 unspecified atom stereocenters. The van der Waals surface area contributed by atoms with Gasteiger partial charge in [-0.1, -0.05) is 31.1 Å². The van der Waals surface area contributed by atoms with E-state index in [1.165, 1.54) is 23.5 Å². The molecule has 3 rings (SSSR count). The molecule has 118 valence electrons. The molecule has 2 heterocycles. The first-order chi connectivity index (χ1) is 10.7. The van der Waals surface area contributed by atoms with Crippen molar-refractivity contribution in [3.05, 3.63) is 24.0 Å². The van der Waals surface area contributed by atoms with Gasteiger partial charge >= 0.3 is 0 Å². The Morgan fingerprint density at radius 2 is 2.27 bits per heavy atom. The first-order valence-corrected chi connectivity index (χ1v) is 8.57. The number of halogens is 1. The summed E-state index contributed by atoms with van der Waals surface area (Å²) in [6.07, 6.45) is 3.35. The molecule has 1 aliphatic rings. The SMILES string of the molecule is CCCCCNC(=O)C1CN(c2nc3ccc(F)cc3s2)C1. The number of aromatic nitrogens is 1. The Morgan fingerprint density at radius 1 is 1.45 bits per heavy atom. The molecule has 6 heteroatoms. The fourth-order valence-corrected chi connectivity index (χ4v) is 3.56. The zero-order chi connectivity index (χ0) is 15.5. The van der Waals surface area contributed by atoms with Gasteiger partial charge in [0.25, 0.3) is 0 Å². The van der Waals surface area contributed by atoms with Crippen LogP contribution in [0.4, 0.5) is 9.52 Å². The number of rotatable bonds is 6. The minimum atomic E-state index is -0.240. The van der Waals surface area contributed by atoms with E-state index in [1.807, 2.05) is 0 Å². The van der Waals surface area contributed by atoms with Crippen LogP contribution in [-0.2, 0) is 4.79 Å². The van der Waals surface area contributed by atoms with E-state index in [0.717, 1.165) is 41.2 Å². The average Bonchev–Trinajstić information content (AvgIpc) is 2.84. The second kappa shape index (κ2) is 6.60. The Kier molecular flexibility index (Phi) is 4.57. The Balaban J connectivity index is 1.52. The van der Waals surface area contributed by atoms with Crippen LogP contribution in [0.2, 0.25) is 0 Å². The highest BCUT2D eigenvalue weighted by molar-refractivity contribution is 7.22. The molecule has 1 amide bonds. The van der Waals surface area contributed by atoms with Crippen molar-refractivity contribution in [2.45, 2.75) is 26.2 Å². The van der Waals surface area contributed by atoms with Gasteiger partial charge in [0.15, 0.2) is 5.13 Å². The van der Waals surface area contributed by atoms with Gasteiger partial charge in [-0.2, -0.15) is 0 Å². The number of hydrogen-bond acceptors (Lipinski definition) is 4. The summed E-state index contributed by atoms with van der Waals surface area (Å²) in [6.45, 7) is 4.31. The van der Waals surface area contributed by atoms with Crippen molar-refractivity contribution >= 4 is 32.6 Å². The first kappa shape index (κ1) is 15.2. The molecule has 1 N–H and O–H groups in total. The van der Waals surface area contributed by atoms with Crippen molar-refractivity contribution in [1.29, 1.82) is 0 Å². The monoisotopic (exact) mass is 321 g/mol. The highest BCUT2D eigenvalue weighted by Gasteiger charge is 2.34. The summed E-state index contributed by atoms with van der Waals surface area (Å²) in [6, 6.07) is 4.63. The van der Waals surface area contributed by atoms with Gasteiger partial charge in [-0.15, -0.1) is 0 Å². The van der Waals surface area contributed by atoms with Crippen molar-refractivity contribution in [3.63, 3.8) is 0 Å². The highest BCUT2D eigenvalue weighted by Crippen LogP contribution is 2.33. The molecule has 1 saturated heterocycles. The van der Waals surface area contributed by atoms with Crippen molar-refractivity contribution in [1.82, 2.24) is 10.3 Å². The zero-order valence-corrected chi connectivity index (χ0v) is 13.5. The molecule has 4 nitrogen and oxygen atoms in total. The lowest BCUT2D eigenvalue weighted by Crippen LogP contribution is -2.53. The third kappa shape index (κ3) is 3.21. The van der Waals surface area contributed by atoms with Gasteiger partial charge in [-0.25, -0.2) is 9.37 Å². The van der Waals surface area contributed by atoms with E-state index >= 15 is 0 Å². The first-order valence-electron chi connectivity index (χ1n) is 7.76. The van der Waals surface area contributed by atoms with Gasteiger partial charge in [0.2, 0.25) is 5.91 Å². The van der Waals surface area contributed by atoms with E-state index in [4.69, 9.17) is 0 Å². The summed E-state index contributed by atoms with van der Waals surface area (Å²) in [4.78, 5) is 18.6. The van der Waals surface area contributed by atoms with Gasteiger partial charge in [-0.05, 0) is 24.6 Å². The van der Waals surface area contributed by atoms with Crippen LogP contribution in [0.3, 0.4) is 0 Å². The van der Waals surface area contributed by atoms with E-state index in [2.05, 4.69) is 22.1 Å². The Hall–Kier alpha value is -1.69. The number of unbranched alkanes of at least 4 members (excludes halogenated alkanes) is 2. The number of benzene rings is 1. The predicted molar refractivity (Wildman–Crippen MR) is 87.8 cm³/mol. The number of amides is 1. The largest absolute Gasteiger partial charge is 0.356 e. The quantitative estimate of drug-likeness (QED) is 0.831. The van der Waals surface area contributed by atoms with Gasteiger partial charge in [0, 0.05) is 19.6 Å². The summed E-state index contributed by atoms with van der Waals surface area (Å²) in [7, 11) is 0. The number of nitrogens with one attached hydrogen (secondary N) is 1. The number of anilines is 1. The Labute approximate surface area is 133 Å². The van der Waals surface area contributed by atoms with Crippen molar-refractivity contribution in [2.75, 3.05) is 24.5 Å². The fourth-order valence-electron chi connectivity index (χ4n) is 2.55. The van der Waals surface area contributed by atoms with Crippen LogP contribution in [0.5, 0.6) is 0 Å². The molecular weight excluding hydrogens is 301 g/mol. The Morgan fingerprint density at radius 3 is 3.05 bits per heavy atom. The molecule has 0 saturated carbocycles. The number of thiazole rings is 1. The lowest BCUT2D eigenvalue weighted by molar-refractivity contribution is -0.125. The second-order valence-electron chi connectivity index (χ2n) is 5.71. The maximum Gasteiger partial charge on any atom is 0.226 e. The lowest BCUT2D eigenvalue weighted by atomic mass is 10.00. The second-order valence-corrected chi connectivity index (χ2v) is 6.72. The summed E-state index contributed by atoms with van der Waals surface area (Å²) in [5.41, 5.74) is 0.814. The maximum atomic E-state index is 13.2. The van der Waals surface area contributed by atoms with E-state index in [-0.39, 0.29) is 17.6 Å². The fraction of sp³-hybridized carbons (Fsp3) is 0.500. The molecule has 0 aliphatic carbocycles. The lowest BCUT2D eigenvalue weighted by Gasteiger charge is -2.37.